The summed E-state index contributed by atoms with van der Waals surface area (Å²) in [6.45, 7) is 4.31. The predicted molar refractivity (Wildman–Crippen MR) is 98.3 cm³/mol. The molecule has 2 heteroatoms. The van der Waals surface area contributed by atoms with Crippen LogP contribution in [-0.4, -0.2) is 0 Å². The number of alkyl halides is 1. The fourth-order valence-corrected chi connectivity index (χ4v) is 4.17. The molecule has 0 aliphatic heterocycles. The fraction of sp³-hybridized carbons (Fsp3) is 0.158. The Bertz CT molecular complexity index is 806. The second-order valence-corrected chi connectivity index (χ2v) is 7.17. The van der Waals surface area contributed by atoms with Gasteiger partial charge in [-0.3, -0.25) is 0 Å². The number of hydrogen-bond donors (Lipinski definition) is 0. The number of halogens is 2. The van der Waals surface area contributed by atoms with E-state index in [0.717, 1.165) is 4.47 Å². The first-order chi connectivity index (χ1) is 10.1. The van der Waals surface area contributed by atoms with E-state index in [4.69, 9.17) is 0 Å². The standard InChI is InChI=1S/C19H16Br2/c1-12-7-8-14(13(2)11-12)19(21)17-9-10-18(20)16-6-4-3-5-15(16)17/h3-11,19H,1-2H3. The van der Waals surface area contributed by atoms with Gasteiger partial charge in [0.05, 0.1) is 4.83 Å². The second kappa shape index (κ2) is 5.94. The van der Waals surface area contributed by atoms with Crippen LogP contribution < -0.4 is 0 Å². The molecule has 106 valence electrons. The Morgan fingerprint density at radius 1 is 0.810 bits per heavy atom. The minimum Gasteiger partial charge on any atom is -0.0786 e. The van der Waals surface area contributed by atoms with Crippen LogP contribution in [0.3, 0.4) is 0 Å². The largest absolute Gasteiger partial charge is 0.0786 e. The minimum absolute atomic E-state index is 0.205. The highest BCUT2D eigenvalue weighted by Gasteiger charge is 2.16. The summed E-state index contributed by atoms with van der Waals surface area (Å²) in [5.41, 5.74) is 5.26. The fourth-order valence-electron chi connectivity index (χ4n) is 2.78. The zero-order chi connectivity index (χ0) is 15.0. The SMILES string of the molecule is Cc1ccc(C(Br)c2ccc(Br)c3ccccc23)c(C)c1. The summed E-state index contributed by atoms with van der Waals surface area (Å²) < 4.78 is 1.14. The zero-order valence-corrected chi connectivity index (χ0v) is 15.2. The van der Waals surface area contributed by atoms with E-state index in [-0.39, 0.29) is 4.83 Å². The lowest BCUT2D eigenvalue weighted by Crippen LogP contribution is -1.97. The lowest BCUT2D eigenvalue weighted by molar-refractivity contribution is 1.15. The van der Waals surface area contributed by atoms with Crippen molar-refractivity contribution in [3.63, 3.8) is 0 Å². The first-order valence-corrected chi connectivity index (χ1v) is 8.67. The van der Waals surface area contributed by atoms with Crippen molar-refractivity contribution in [3.05, 3.63) is 81.3 Å². The van der Waals surface area contributed by atoms with E-state index in [9.17, 15) is 0 Å². The maximum atomic E-state index is 3.90. The molecule has 0 saturated heterocycles. The molecular formula is C19H16Br2. The Morgan fingerprint density at radius 2 is 1.48 bits per heavy atom. The van der Waals surface area contributed by atoms with Gasteiger partial charge in [0.15, 0.2) is 0 Å². The molecule has 0 nitrogen and oxygen atoms in total. The van der Waals surface area contributed by atoms with Crippen LogP contribution in [0.1, 0.15) is 27.1 Å². The summed E-state index contributed by atoms with van der Waals surface area (Å²) in [6, 6.07) is 19.5. The summed E-state index contributed by atoms with van der Waals surface area (Å²) >= 11 is 7.54. The summed E-state index contributed by atoms with van der Waals surface area (Å²) in [5.74, 6) is 0. The van der Waals surface area contributed by atoms with E-state index in [0.29, 0.717) is 0 Å². The van der Waals surface area contributed by atoms with Crippen molar-refractivity contribution in [3.8, 4) is 0 Å². The third kappa shape index (κ3) is 2.79. The van der Waals surface area contributed by atoms with Gasteiger partial charge >= 0.3 is 0 Å². The molecule has 0 aliphatic carbocycles. The van der Waals surface area contributed by atoms with Gasteiger partial charge < -0.3 is 0 Å². The van der Waals surface area contributed by atoms with Gasteiger partial charge in [-0.15, -0.1) is 0 Å². The predicted octanol–water partition coefficient (Wildman–Crippen LogP) is 6.70. The Balaban J connectivity index is 2.18. The average molecular weight is 404 g/mol. The number of aryl methyl sites for hydroxylation is 2. The van der Waals surface area contributed by atoms with Gasteiger partial charge in [-0.05, 0) is 47.4 Å². The number of hydrogen-bond acceptors (Lipinski definition) is 0. The number of benzene rings is 3. The monoisotopic (exact) mass is 402 g/mol. The van der Waals surface area contributed by atoms with Gasteiger partial charge in [0.25, 0.3) is 0 Å². The van der Waals surface area contributed by atoms with E-state index in [1.54, 1.807) is 0 Å². The first-order valence-electron chi connectivity index (χ1n) is 6.96. The van der Waals surface area contributed by atoms with Gasteiger partial charge in [0.1, 0.15) is 0 Å². The van der Waals surface area contributed by atoms with E-state index in [1.165, 1.54) is 33.0 Å². The summed E-state index contributed by atoms with van der Waals surface area (Å²) in [4.78, 5) is 0.205. The lowest BCUT2D eigenvalue weighted by Gasteiger charge is -2.17. The Hall–Kier alpha value is -1.12. The summed E-state index contributed by atoms with van der Waals surface area (Å²) in [6.07, 6.45) is 0. The molecule has 0 N–H and O–H groups in total. The molecule has 0 bridgehead atoms. The summed E-state index contributed by atoms with van der Waals surface area (Å²) in [7, 11) is 0. The van der Waals surface area contributed by atoms with Crippen LogP contribution in [0.15, 0.2) is 59.1 Å². The van der Waals surface area contributed by atoms with Crippen LogP contribution in [0.4, 0.5) is 0 Å². The highest BCUT2D eigenvalue weighted by molar-refractivity contribution is 9.10. The van der Waals surface area contributed by atoms with Crippen LogP contribution in [0.5, 0.6) is 0 Å². The van der Waals surface area contributed by atoms with Crippen LogP contribution >= 0.6 is 31.9 Å². The molecule has 3 aromatic rings. The van der Waals surface area contributed by atoms with Crippen molar-refractivity contribution < 1.29 is 0 Å². The first kappa shape index (κ1) is 14.8. The van der Waals surface area contributed by atoms with Crippen molar-refractivity contribution in [2.45, 2.75) is 18.7 Å². The molecule has 3 rings (SSSR count). The quantitative estimate of drug-likeness (QED) is 0.417. The number of rotatable bonds is 2. The molecule has 3 aromatic carbocycles. The minimum atomic E-state index is 0.205. The van der Waals surface area contributed by atoms with Crippen LogP contribution in [-0.2, 0) is 0 Å². The molecule has 0 radical (unpaired) electrons. The Labute approximate surface area is 142 Å². The molecule has 1 unspecified atom stereocenters. The highest BCUT2D eigenvalue weighted by Crippen LogP contribution is 2.38. The molecule has 0 saturated carbocycles. The average Bonchev–Trinajstić information content (AvgIpc) is 2.47. The third-order valence-electron chi connectivity index (χ3n) is 3.88. The molecule has 0 aromatic heterocycles. The van der Waals surface area contributed by atoms with Gasteiger partial charge in [-0.25, -0.2) is 0 Å². The van der Waals surface area contributed by atoms with E-state index >= 15 is 0 Å². The van der Waals surface area contributed by atoms with Crippen molar-refractivity contribution in [2.24, 2.45) is 0 Å². The van der Waals surface area contributed by atoms with Crippen LogP contribution in [0, 0.1) is 13.8 Å². The second-order valence-electron chi connectivity index (χ2n) is 5.40. The van der Waals surface area contributed by atoms with E-state index < -0.39 is 0 Å². The molecule has 0 spiro atoms. The molecule has 0 aliphatic rings. The highest BCUT2D eigenvalue weighted by atomic mass is 79.9. The zero-order valence-electron chi connectivity index (χ0n) is 12.0. The third-order valence-corrected chi connectivity index (χ3v) is 5.55. The smallest absolute Gasteiger partial charge is 0.0653 e. The molecule has 0 amide bonds. The Kier molecular flexibility index (Phi) is 4.19. The molecule has 0 fully saturated rings. The van der Waals surface area contributed by atoms with Crippen molar-refractivity contribution in [2.75, 3.05) is 0 Å². The summed E-state index contributed by atoms with van der Waals surface area (Å²) in [5, 5.41) is 2.54. The number of fused-ring (bicyclic) bond motifs is 1. The van der Waals surface area contributed by atoms with Gasteiger partial charge in [-0.1, -0.05) is 86.0 Å². The van der Waals surface area contributed by atoms with Gasteiger partial charge in [0.2, 0.25) is 0 Å². The maximum Gasteiger partial charge on any atom is 0.0653 e. The maximum absolute atomic E-state index is 3.90. The van der Waals surface area contributed by atoms with E-state index in [2.05, 4.69) is 100 Å². The van der Waals surface area contributed by atoms with Crippen molar-refractivity contribution in [1.29, 1.82) is 0 Å². The lowest BCUT2D eigenvalue weighted by atomic mass is 9.95. The van der Waals surface area contributed by atoms with Gasteiger partial charge in [0, 0.05) is 4.47 Å². The van der Waals surface area contributed by atoms with Crippen molar-refractivity contribution in [1.82, 2.24) is 0 Å². The topological polar surface area (TPSA) is 0 Å². The van der Waals surface area contributed by atoms with Crippen LogP contribution in [0.25, 0.3) is 10.8 Å². The van der Waals surface area contributed by atoms with Gasteiger partial charge in [-0.2, -0.15) is 0 Å². The molecular weight excluding hydrogens is 388 g/mol. The normalized spacial score (nSPS) is 12.6. The van der Waals surface area contributed by atoms with E-state index in [1.807, 2.05) is 0 Å². The molecule has 1 atom stereocenters. The van der Waals surface area contributed by atoms with Crippen LogP contribution in [0.2, 0.25) is 0 Å². The molecule has 21 heavy (non-hydrogen) atoms. The van der Waals surface area contributed by atoms with Crippen molar-refractivity contribution >= 4 is 42.6 Å². The molecule has 0 heterocycles. The Morgan fingerprint density at radius 3 is 2.19 bits per heavy atom.